The number of ether oxygens (including phenoxy) is 1. The molecule has 0 saturated carbocycles. The summed E-state index contributed by atoms with van der Waals surface area (Å²) in [6.45, 7) is 9.63. The van der Waals surface area contributed by atoms with Crippen molar-refractivity contribution < 1.29 is 14.6 Å². The lowest BCUT2D eigenvalue weighted by Crippen LogP contribution is -2.40. The monoisotopic (exact) mass is 332 g/mol. The van der Waals surface area contributed by atoms with Gasteiger partial charge in [-0.3, -0.25) is 4.90 Å². The lowest BCUT2D eigenvalue weighted by molar-refractivity contribution is 0.0240. The van der Waals surface area contributed by atoms with Crippen LogP contribution in [0.3, 0.4) is 0 Å². The number of carbonyl (C=O) groups is 1. The molecular weight excluding hydrogens is 304 g/mol. The number of aliphatic hydroxyl groups is 1. The number of benzene rings is 1. The summed E-state index contributed by atoms with van der Waals surface area (Å²) in [4.78, 5) is 16.5. The SMILES string of the molecule is CC(C)(C)OC(=O)N1C[C@@H]2CN(Cc3ccccc3)C[C@]2(CO)C1. The number of hydrogen-bond acceptors (Lipinski definition) is 4. The fraction of sp³-hybridized carbons (Fsp3) is 0.632. The Morgan fingerprint density at radius 2 is 1.96 bits per heavy atom. The Morgan fingerprint density at radius 1 is 1.25 bits per heavy atom. The van der Waals surface area contributed by atoms with Gasteiger partial charge in [0.1, 0.15) is 5.60 Å². The number of carbonyl (C=O) groups excluding carboxylic acids is 1. The molecule has 1 N–H and O–H groups in total. The fourth-order valence-corrected chi connectivity index (χ4v) is 3.94. The maximum atomic E-state index is 12.3. The Labute approximate surface area is 144 Å². The van der Waals surface area contributed by atoms with Gasteiger partial charge < -0.3 is 14.7 Å². The van der Waals surface area contributed by atoms with Gasteiger partial charge in [-0.1, -0.05) is 30.3 Å². The maximum Gasteiger partial charge on any atom is 0.410 e. The van der Waals surface area contributed by atoms with Crippen LogP contribution in [0.4, 0.5) is 4.79 Å². The summed E-state index contributed by atoms with van der Waals surface area (Å²) in [6, 6.07) is 10.4. The summed E-state index contributed by atoms with van der Waals surface area (Å²) < 4.78 is 5.49. The molecule has 2 aliphatic heterocycles. The van der Waals surface area contributed by atoms with E-state index in [1.54, 1.807) is 4.90 Å². The smallest absolute Gasteiger partial charge is 0.410 e. The average Bonchev–Trinajstić information content (AvgIpc) is 3.00. The molecule has 2 aliphatic rings. The molecule has 5 heteroatoms. The van der Waals surface area contributed by atoms with Crippen LogP contribution >= 0.6 is 0 Å². The number of fused-ring (bicyclic) bond motifs is 1. The molecule has 1 aromatic rings. The van der Waals surface area contributed by atoms with Crippen LogP contribution in [0.25, 0.3) is 0 Å². The minimum absolute atomic E-state index is 0.113. The molecule has 132 valence electrons. The van der Waals surface area contributed by atoms with Gasteiger partial charge in [0.2, 0.25) is 0 Å². The Morgan fingerprint density at radius 3 is 2.54 bits per heavy atom. The van der Waals surface area contributed by atoms with Crippen LogP contribution in [0.5, 0.6) is 0 Å². The van der Waals surface area contributed by atoms with Crippen molar-refractivity contribution in [3.8, 4) is 0 Å². The third-order valence-electron chi connectivity index (χ3n) is 5.05. The van der Waals surface area contributed by atoms with Gasteiger partial charge in [-0.25, -0.2) is 4.79 Å². The fourth-order valence-electron chi connectivity index (χ4n) is 3.94. The highest BCUT2D eigenvalue weighted by Crippen LogP contribution is 2.43. The molecule has 24 heavy (non-hydrogen) atoms. The Bertz CT molecular complexity index is 584. The lowest BCUT2D eigenvalue weighted by atomic mass is 9.82. The Kier molecular flexibility index (Phi) is 4.58. The van der Waals surface area contributed by atoms with Crippen molar-refractivity contribution in [2.75, 3.05) is 32.8 Å². The first kappa shape index (κ1) is 17.2. The molecule has 0 aromatic heterocycles. The van der Waals surface area contributed by atoms with Gasteiger partial charge in [0, 0.05) is 44.1 Å². The van der Waals surface area contributed by atoms with Crippen LogP contribution in [-0.2, 0) is 11.3 Å². The first-order chi connectivity index (χ1) is 11.3. The van der Waals surface area contributed by atoms with Crippen LogP contribution in [0.15, 0.2) is 30.3 Å². The van der Waals surface area contributed by atoms with E-state index in [1.165, 1.54) is 5.56 Å². The summed E-state index contributed by atoms with van der Waals surface area (Å²) >= 11 is 0. The van der Waals surface area contributed by atoms with Gasteiger partial charge in [0.25, 0.3) is 0 Å². The molecule has 5 nitrogen and oxygen atoms in total. The van der Waals surface area contributed by atoms with Crippen LogP contribution in [0.2, 0.25) is 0 Å². The molecule has 0 bridgehead atoms. The van der Waals surface area contributed by atoms with Crippen LogP contribution in [0.1, 0.15) is 26.3 Å². The van der Waals surface area contributed by atoms with E-state index in [-0.39, 0.29) is 18.1 Å². The summed E-state index contributed by atoms with van der Waals surface area (Å²) in [5, 5.41) is 10.0. The normalized spacial score (nSPS) is 27.3. The molecule has 2 heterocycles. The predicted octanol–water partition coefficient (Wildman–Crippen LogP) is 2.35. The highest BCUT2D eigenvalue weighted by Gasteiger charge is 2.53. The molecule has 0 spiro atoms. The van der Waals surface area contributed by atoms with Crippen LogP contribution in [-0.4, -0.2) is 59.4 Å². The second kappa shape index (κ2) is 6.37. The third-order valence-corrected chi connectivity index (χ3v) is 5.05. The van der Waals surface area contributed by atoms with Gasteiger partial charge in [-0.05, 0) is 26.3 Å². The van der Waals surface area contributed by atoms with Crippen molar-refractivity contribution in [2.45, 2.75) is 32.9 Å². The van der Waals surface area contributed by atoms with Gasteiger partial charge in [0.15, 0.2) is 0 Å². The number of likely N-dealkylation sites (tertiary alicyclic amines) is 2. The van der Waals surface area contributed by atoms with Crippen molar-refractivity contribution in [3.63, 3.8) is 0 Å². The van der Waals surface area contributed by atoms with Crippen molar-refractivity contribution >= 4 is 6.09 Å². The summed E-state index contributed by atoms with van der Waals surface area (Å²) in [6.07, 6.45) is -0.265. The number of rotatable bonds is 3. The number of nitrogens with zero attached hydrogens (tertiary/aromatic N) is 2. The van der Waals surface area contributed by atoms with E-state index in [0.29, 0.717) is 19.0 Å². The van der Waals surface area contributed by atoms with E-state index >= 15 is 0 Å². The van der Waals surface area contributed by atoms with E-state index in [2.05, 4.69) is 29.2 Å². The van der Waals surface area contributed by atoms with E-state index in [9.17, 15) is 9.90 Å². The Balaban J connectivity index is 1.63. The van der Waals surface area contributed by atoms with E-state index in [0.717, 1.165) is 19.6 Å². The van der Waals surface area contributed by atoms with E-state index in [4.69, 9.17) is 4.74 Å². The highest BCUT2D eigenvalue weighted by molar-refractivity contribution is 5.68. The molecule has 3 rings (SSSR count). The summed E-state index contributed by atoms with van der Waals surface area (Å²) in [5.41, 5.74) is 0.584. The second-order valence-corrected chi connectivity index (χ2v) is 8.23. The summed E-state index contributed by atoms with van der Waals surface area (Å²) in [5.74, 6) is 0.304. The van der Waals surface area contributed by atoms with Gasteiger partial charge in [-0.2, -0.15) is 0 Å². The maximum absolute atomic E-state index is 12.3. The molecule has 2 fully saturated rings. The third kappa shape index (κ3) is 3.57. The first-order valence-electron chi connectivity index (χ1n) is 8.66. The van der Waals surface area contributed by atoms with E-state index < -0.39 is 5.60 Å². The first-order valence-corrected chi connectivity index (χ1v) is 8.66. The molecule has 0 radical (unpaired) electrons. The van der Waals surface area contributed by atoms with Gasteiger partial charge in [-0.15, -0.1) is 0 Å². The molecule has 1 amide bonds. The topological polar surface area (TPSA) is 53.0 Å². The molecule has 2 saturated heterocycles. The minimum Gasteiger partial charge on any atom is -0.444 e. The van der Waals surface area contributed by atoms with Crippen molar-refractivity contribution in [1.82, 2.24) is 9.80 Å². The quantitative estimate of drug-likeness (QED) is 0.923. The number of hydrogen-bond donors (Lipinski definition) is 1. The van der Waals surface area contributed by atoms with E-state index in [1.807, 2.05) is 26.8 Å². The van der Waals surface area contributed by atoms with Crippen molar-refractivity contribution in [2.24, 2.45) is 11.3 Å². The highest BCUT2D eigenvalue weighted by atomic mass is 16.6. The van der Waals surface area contributed by atoms with Crippen molar-refractivity contribution in [3.05, 3.63) is 35.9 Å². The minimum atomic E-state index is -0.486. The molecule has 0 unspecified atom stereocenters. The average molecular weight is 332 g/mol. The zero-order valence-electron chi connectivity index (χ0n) is 14.9. The molecule has 1 aromatic carbocycles. The van der Waals surface area contributed by atoms with Crippen LogP contribution < -0.4 is 0 Å². The Hall–Kier alpha value is -1.59. The van der Waals surface area contributed by atoms with Crippen LogP contribution in [0, 0.1) is 11.3 Å². The van der Waals surface area contributed by atoms with Gasteiger partial charge >= 0.3 is 6.09 Å². The number of amides is 1. The van der Waals surface area contributed by atoms with Gasteiger partial charge in [0.05, 0.1) is 6.61 Å². The molecular formula is C19H28N2O3. The summed E-state index contributed by atoms with van der Waals surface area (Å²) in [7, 11) is 0. The van der Waals surface area contributed by atoms with Crippen molar-refractivity contribution in [1.29, 1.82) is 0 Å². The zero-order chi connectivity index (χ0) is 17.4. The molecule has 2 atom stereocenters. The number of aliphatic hydroxyl groups excluding tert-OH is 1. The standard InChI is InChI=1S/C19H28N2O3/c1-18(2,3)24-17(23)21-11-16-10-20(12-19(16,13-21)14-22)9-15-7-5-4-6-8-15/h4-8,16,22H,9-14H2,1-3H3/t16-,19+/m0/s1. The molecule has 0 aliphatic carbocycles. The zero-order valence-corrected chi connectivity index (χ0v) is 14.9. The largest absolute Gasteiger partial charge is 0.444 e. The lowest BCUT2D eigenvalue weighted by Gasteiger charge is -2.29. The predicted molar refractivity (Wildman–Crippen MR) is 92.5 cm³/mol. The second-order valence-electron chi connectivity index (χ2n) is 8.23.